The monoisotopic (exact) mass is 547 g/mol. The number of phenolic OH excluding ortho intramolecular Hbond substituents is 1. The highest BCUT2D eigenvalue weighted by Gasteiger charge is 2.32. The highest BCUT2D eigenvalue weighted by molar-refractivity contribution is 5.96. The summed E-state index contributed by atoms with van der Waals surface area (Å²) in [4.78, 5) is 11.4. The number of azo groups is 1. The number of nitrogens with zero attached hydrogens (tertiary/aromatic N) is 3. The summed E-state index contributed by atoms with van der Waals surface area (Å²) in [5, 5.41) is 40.1. The van der Waals surface area contributed by atoms with Crippen molar-refractivity contribution in [3.63, 3.8) is 0 Å². The lowest BCUT2D eigenvalue weighted by Crippen LogP contribution is -2.18. The van der Waals surface area contributed by atoms with Gasteiger partial charge in [-0.3, -0.25) is 4.57 Å². The maximum atomic E-state index is 12.9. The van der Waals surface area contributed by atoms with Crippen LogP contribution in [0.3, 0.4) is 0 Å². The molecule has 40 heavy (non-hydrogen) atoms. The number of ether oxygens (including phenoxy) is 1. The SMILES string of the molecule is Cc1ccc(-n2c(O)c(N=Nc3cccc(-c4cccc(C(=O)O)c4)c3O)c3ccccc32)cc1OC(F)(F)F. The third kappa shape index (κ3) is 5.04. The van der Waals surface area contributed by atoms with Crippen LogP contribution >= 0.6 is 0 Å². The number of benzene rings is 4. The van der Waals surface area contributed by atoms with Gasteiger partial charge in [-0.1, -0.05) is 48.5 Å². The van der Waals surface area contributed by atoms with E-state index in [0.29, 0.717) is 22.0 Å². The van der Waals surface area contributed by atoms with E-state index in [1.165, 1.54) is 41.8 Å². The zero-order chi connectivity index (χ0) is 28.6. The molecule has 0 aliphatic heterocycles. The van der Waals surface area contributed by atoms with Gasteiger partial charge in [-0.05, 0) is 48.4 Å². The number of aromatic carboxylic acids is 1. The molecule has 202 valence electrons. The minimum Gasteiger partial charge on any atom is -0.505 e. The molecule has 0 saturated heterocycles. The van der Waals surface area contributed by atoms with E-state index in [1.54, 1.807) is 48.5 Å². The topological polar surface area (TPSA) is 117 Å². The van der Waals surface area contributed by atoms with Crippen LogP contribution in [0.1, 0.15) is 15.9 Å². The van der Waals surface area contributed by atoms with E-state index >= 15 is 0 Å². The number of halogens is 3. The van der Waals surface area contributed by atoms with Crippen LogP contribution in [0, 0.1) is 6.92 Å². The summed E-state index contributed by atoms with van der Waals surface area (Å²) in [5.41, 5.74) is 1.77. The summed E-state index contributed by atoms with van der Waals surface area (Å²) in [6, 6.07) is 21.6. The Morgan fingerprint density at radius 1 is 0.900 bits per heavy atom. The van der Waals surface area contributed by atoms with Crippen molar-refractivity contribution in [1.29, 1.82) is 0 Å². The lowest BCUT2D eigenvalue weighted by molar-refractivity contribution is -0.274. The summed E-state index contributed by atoms with van der Waals surface area (Å²) in [6.45, 7) is 1.47. The Labute approximate surface area is 224 Å². The molecular formula is C29H20F3N3O5. The first-order chi connectivity index (χ1) is 19.0. The van der Waals surface area contributed by atoms with Gasteiger partial charge in [-0.15, -0.1) is 23.4 Å². The third-order valence-electron chi connectivity index (χ3n) is 6.17. The number of carbonyl (C=O) groups is 1. The summed E-state index contributed by atoms with van der Waals surface area (Å²) in [5.74, 6) is -2.19. The molecule has 0 saturated carbocycles. The number of hydrogen-bond donors (Lipinski definition) is 3. The van der Waals surface area contributed by atoms with Crippen molar-refractivity contribution in [2.45, 2.75) is 13.3 Å². The number of aromatic nitrogens is 1. The van der Waals surface area contributed by atoms with Crippen LogP contribution in [0.15, 0.2) is 95.2 Å². The van der Waals surface area contributed by atoms with Crippen molar-refractivity contribution in [1.82, 2.24) is 4.57 Å². The number of para-hydroxylation sites is 2. The average Bonchev–Trinajstić information content (AvgIpc) is 3.19. The van der Waals surface area contributed by atoms with Gasteiger partial charge in [0.1, 0.15) is 11.4 Å². The third-order valence-corrected chi connectivity index (χ3v) is 6.17. The van der Waals surface area contributed by atoms with Gasteiger partial charge in [0.2, 0.25) is 5.88 Å². The lowest BCUT2D eigenvalue weighted by atomic mass is 10.0. The highest BCUT2D eigenvalue weighted by atomic mass is 19.4. The van der Waals surface area contributed by atoms with Crippen LogP contribution in [0.25, 0.3) is 27.7 Å². The number of fused-ring (bicyclic) bond motifs is 1. The molecule has 0 fully saturated rings. The number of hydrogen-bond acceptors (Lipinski definition) is 6. The molecular weight excluding hydrogens is 527 g/mol. The van der Waals surface area contributed by atoms with E-state index < -0.39 is 24.0 Å². The van der Waals surface area contributed by atoms with Crippen LogP contribution in [0.2, 0.25) is 0 Å². The molecule has 0 bridgehead atoms. The van der Waals surface area contributed by atoms with Gasteiger partial charge in [0.05, 0.1) is 16.8 Å². The minimum atomic E-state index is -4.89. The van der Waals surface area contributed by atoms with Gasteiger partial charge in [0, 0.05) is 17.0 Å². The fraction of sp³-hybridized carbons (Fsp3) is 0.0690. The number of aromatic hydroxyl groups is 2. The number of rotatable bonds is 6. The standard InChI is InChI=1S/C29H20F3N3O5/c1-16-12-13-19(15-24(16)40-29(30,31)32)35-23-11-3-2-8-21(23)25(27(35)37)34-33-22-10-5-9-20(26(22)36)17-6-4-7-18(14-17)28(38)39/h2-15,36-37H,1H3,(H,38,39). The normalized spacial score (nSPS) is 11.8. The van der Waals surface area contributed by atoms with Crippen LogP contribution in [0.5, 0.6) is 17.4 Å². The predicted molar refractivity (Wildman–Crippen MR) is 141 cm³/mol. The molecule has 5 rings (SSSR count). The first kappa shape index (κ1) is 26.3. The van der Waals surface area contributed by atoms with E-state index in [1.807, 2.05) is 0 Å². The van der Waals surface area contributed by atoms with E-state index in [9.17, 15) is 33.3 Å². The molecule has 0 amide bonds. The Hall–Kier alpha value is -5.32. The summed E-state index contributed by atoms with van der Waals surface area (Å²) >= 11 is 0. The first-order valence-corrected chi connectivity index (χ1v) is 11.8. The predicted octanol–water partition coefficient (Wildman–Crippen LogP) is 8.03. The van der Waals surface area contributed by atoms with Crippen LogP contribution in [0.4, 0.5) is 24.5 Å². The molecule has 11 heteroatoms. The molecule has 0 aliphatic carbocycles. The van der Waals surface area contributed by atoms with Gasteiger partial charge < -0.3 is 20.1 Å². The largest absolute Gasteiger partial charge is 0.573 e. The molecule has 0 atom stereocenters. The van der Waals surface area contributed by atoms with Crippen LogP contribution < -0.4 is 4.74 Å². The molecule has 1 heterocycles. The average molecular weight is 547 g/mol. The number of alkyl halides is 3. The molecule has 0 radical (unpaired) electrons. The quantitative estimate of drug-likeness (QED) is 0.186. The number of carboxylic acid groups (broad SMARTS) is 1. The Kier molecular flexibility index (Phi) is 6.64. The van der Waals surface area contributed by atoms with Crippen molar-refractivity contribution in [2.75, 3.05) is 0 Å². The molecule has 4 aromatic carbocycles. The number of carboxylic acids is 1. The second kappa shape index (κ2) is 10.1. The molecule has 0 aliphatic rings. The Morgan fingerprint density at radius 3 is 2.40 bits per heavy atom. The number of aryl methyl sites for hydroxylation is 1. The summed E-state index contributed by atoms with van der Waals surface area (Å²) in [6.07, 6.45) is -4.89. The fourth-order valence-electron chi connectivity index (χ4n) is 4.30. The van der Waals surface area contributed by atoms with E-state index in [-0.39, 0.29) is 33.9 Å². The molecule has 0 unspecified atom stereocenters. The molecule has 8 nitrogen and oxygen atoms in total. The van der Waals surface area contributed by atoms with Crippen molar-refractivity contribution in [2.24, 2.45) is 10.2 Å². The van der Waals surface area contributed by atoms with E-state index in [2.05, 4.69) is 15.0 Å². The smallest absolute Gasteiger partial charge is 0.505 e. The van der Waals surface area contributed by atoms with Crippen LogP contribution in [-0.4, -0.2) is 32.2 Å². The molecule has 0 spiro atoms. The fourth-order valence-corrected chi connectivity index (χ4v) is 4.30. The summed E-state index contributed by atoms with van der Waals surface area (Å²) in [7, 11) is 0. The lowest BCUT2D eigenvalue weighted by Gasteiger charge is -2.14. The van der Waals surface area contributed by atoms with E-state index in [4.69, 9.17) is 0 Å². The zero-order valence-electron chi connectivity index (χ0n) is 20.7. The van der Waals surface area contributed by atoms with E-state index in [0.717, 1.165) is 6.07 Å². The Bertz CT molecular complexity index is 1790. The van der Waals surface area contributed by atoms with Gasteiger partial charge in [0.25, 0.3) is 0 Å². The minimum absolute atomic E-state index is 0.0205. The van der Waals surface area contributed by atoms with Gasteiger partial charge in [-0.25, -0.2) is 4.79 Å². The maximum absolute atomic E-state index is 12.9. The van der Waals surface area contributed by atoms with Crippen molar-refractivity contribution in [3.8, 4) is 34.2 Å². The van der Waals surface area contributed by atoms with Crippen molar-refractivity contribution < 1.29 is 38.0 Å². The maximum Gasteiger partial charge on any atom is 0.573 e. The van der Waals surface area contributed by atoms with Crippen molar-refractivity contribution >= 4 is 28.2 Å². The van der Waals surface area contributed by atoms with Gasteiger partial charge in [-0.2, -0.15) is 0 Å². The van der Waals surface area contributed by atoms with Gasteiger partial charge in [0.15, 0.2) is 11.4 Å². The van der Waals surface area contributed by atoms with Crippen molar-refractivity contribution in [3.05, 3.63) is 96.1 Å². The first-order valence-electron chi connectivity index (χ1n) is 11.8. The molecule has 5 aromatic rings. The second-order valence-corrected chi connectivity index (χ2v) is 8.78. The Balaban J connectivity index is 1.59. The zero-order valence-corrected chi connectivity index (χ0v) is 20.7. The van der Waals surface area contributed by atoms with Crippen LogP contribution in [-0.2, 0) is 0 Å². The van der Waals surface area contributed by atoms with Gasteiger partial charge >= 0.3 is 12.3 Å². The summed E-state index contributed by atoms with van der Waals surface area (Å²) < 4.78 is 44.2. The molecule has 3 N–H and O–H groups in total. The second-order valence-electron chi connectivity index (χ2n) is 8.78. The number of phenols is 1. The molecule has 1 aromatic heterocycles. The highest BCUT2D eigenvalue weighted by Crippen LogP contribution is 2.44. The Morgan fingerprint density at radius 2 is 1.65 bits per heavy atom.